The van der Waals surface area contributed by atoms with Crippen molar-refractivity contribution in [3.05, 3.63) is 0 Å². The Bertz CT molecular complexity index is 263. The van der Waals surface area contributed by atoms with Gasteiger partial charge in [0.15, 0.2) is 0 Å². The minimum atomic E-state index is 0.637. The maximum atomic E-state index is 5.72. The molecule has 2 heterocycles. The van der Waals surface area contributed by atoms with Crippen LogP contribution in [0.1, 0.15) is 32.6 Å². The second kappa shape index (κ2) is 8.32. The molecule has 0 aromatic heterocycles. The van der Waals surface area contributed by atoms with Gasteiger partial charge in [0.1, 0.15) is 0 Å². The zero-order valence-electron chi connectivity index (χ0n) is 13.6. The van der Waals surface area contributed by atoms with Crippen molar-refractivity contribution < 1.29 is 0 Å². The Morgan fingerprint density at radius 1 is 1.05 bits per heavy atom. The van der Waals surface area contributed by atoms with E-state index >= 15 is 0 Å². The van der Waals surface area contributed by atoms with E-state index in [1.165, 1.54) is 71.5 Å². The summed E-state index contributed by atoms with van der Waals surface area (Å²) >= 11 is 0. The van der Waals surface area contributed by atoms with E-state index < -0.39 is 0 Å². The largest absolute Gasteiger partial charge is 0.330 e. The minimum Gasteiger partial charge on any atom is -0.330 e. The van der Waals surface area contributed by atoms with Gasteiger partial charge in [-0.15, -0.1) is 0 Å². The van der Waals surface area contributed by atoms with E-state index in [2.05, 4.69) is 28.7 Å². The standard InChI is InChI=1S/C16H34N4/c1-15(13-17)14-20-11-9-19(10-12-20)8-6-16-5-3-4-7-18(16)2/h15-16H,3-14,17H2,1-2H3. The average Bonchev–Trinajstić information content (AvgIpc) is 2.48. The molecule has 2 aliphatic rings. The van der Waals surface area contributed by atoms with Gasteiger partial charge in [-0.2, -0.15) is 0 Å². The Morgan fingerprint density at radius 3 is 2.40 bits per heavy atom. The lowest BCUT2D eigenvalue weighted by Crippen LogP contribution is -2.49. The Balaban J connectivity index is 1.62. The number of hydrogen-bond acceptors (Lipinski definition) is 4. The van der Waals surface area contributed by atoms with Gasteiger partial charge in [-0.1, -0.05) is 13.3 Å². The third-order valence-electron chi connectivity index (χ3n) is 5.14. The lowest BCUT2D eigenvalue weighted by Gasteiger charge is -2.38. The zero-order chi connectivity index (χ0) is 14.4. The molecule has 118 valence electrons. The van der Waals surface area contributed by atoms with Gasteiger partial charge in [-0.25, -0.2) is 0 Å². The third kappa shape index (κ3) is 4.99. The SMILES string of the molecule is CC(CN)CN1CCN(CCC2CCCCN2C)CC1. The quantitative estimate of drug-likeness (QED) is 0.791. The third-order valence-corrected chi connectivity index (χ3v) is 5.14. The Kier molecular flexibility index (Phi) is 6.75. The fourth-order valence-electron chi connectivity index (χ4n) is 3.55. The fourth-order valence-corrected chi connectivity index (χ4v) is 3.55. The molecule has 2 fully saturated rings. The first-order valence-electron chi connectivity index (χ1n) is 8.54. The highest BCUT2D eigenvalue weighted by Gasteiger charge is 2.22. The number of piperidine rings is 1. The Labute approximate surface area is 125 Å². The number of piperazine rings is 1. The summed E-state index contributed by atoms with van der Waals surface area (Å²) in [6.45, 7) is 11.8. The van der Waals surface area contributed by atoms with Gasteiger partial charge in [0.25, 0.3) is 0 Å². The molecule has 4 nitrogen and oxygen atoms in total. The molecule has 0 saturated carbocycles. The summed E-state index contributed by atoms with van der Waals surface area (Å²) in [5.41, 5.74) is 5.72. The van der Waals surface area contributed by atoms with Crippen LogP contribution in [-0.2, 0) is 0 Å². The first-order valence-corrected chi connectivity index (χ1v) is 8.54. The summed E-state index contributed by atoms with van der Waals surface area (Å²) in [6.07, 6.45) is 5.59. The van der Waals surface area contributed by atoms with Crippen LogP contribution in [0.4, 0.5) is 0 Å². The molecule has 0 bridgehead atoms. The van der Waals surface area contributed by atoms with Crippen molar-refractivity contribution in [2.45, 2.75) is 38.6 Å². The van der Waals surface area contributed by atoms with Gasteiger partial charge in [0.2, 0.25) is 0 Å². The second-order valence-corrected chi connectivity index (χ2v) is 6.90. The highest BCUT2D eigenvalue weighted by Crippen LogP contribution is 2.18. The molecule has 0 aromatic carbocycles. The summed E-state index contributed by atoms with van der Waals surface area (Å²) in [5, 5.41) is 0. The van der Waals surface area contributed by atoms with Crippen LogP contribution in [0.15, 0.2) is 0 Å². The predicted molar refractivity (Wildman–Crippen MR) is 86.0 cm³/mol. The van der Waals surface area contributed by atoms with Gasteiger partial charge in [0, 0.05) is 38.8 Å². The minimum absolute atomic E-state index is 0.637. The summed E-state index contributed by atoms with van der Waals surface area (Å²) in [5.74, 6) is 0.637. The van der Waals surface area contributed by atoms with Crippen molar-refractivity contribution in [2.24, 2.45) is 11.7 Å². The summed E-state index contributed by atoms with van der Waals surface area (Å²) < 4.78 is 0. The van der Waals surface area contributed by atoms with E-state index in [1.54, 1.807) is 0 Å². The fraction of sp³-hybridized carbons (Fsp3) is 1.00. The maximum absolute atomic E-state index is 5.72. The van der Waals surface area contributed by atoms with Crippen LogP contribution in [0.2, 0.25) is 0 Å². The van der Waals surface area contributed by atoms with Gasteiger partial charge in [-0.3, -0.25) is 0 Å². The second-order valence-electron chi connectivity index (χ2n) is 6.90. The number of nitrogens with two attached hydrogens (primary N) is 1. The monoisotopic (exact) mass is 282 g/mol. The topological polar surface area (TPSA) is 35.7 Å². The molecule has 2 atom stereocenters. The lowest BCUT2D eigenvalue weighted by atomic mass is 10.00. The predicted octanol–water partition coefficient (Wildman–Crippen LogP) is 1.07. The molecule has 2 saturated heterocycles. The highest BCUT2D eigenvalue weighted by atomic mass is 15.3. The molecule has 0 spiro atoms. The first kappa shape index (κ1) is 16.2. The van der Waals surface area contributed by atoms with Crippen molar-refractivity contribution in [1.29, 1.82) is 0 Å². The number of hydrogen-bond donors (Lipinski definition) is 1. The normalized spacial score (nSPS) is 28.6. The Hall–Kier alpha value is -0.160. The molecule has 0 aromatic rings. The number of nitrogens with zero attached hydrogens (tertiary/aromatic N) is 3. The molecule has 2 N–H and O–H groups in total. The summed E-state index contributed by atoms with van der Waals surface area (Å²) in [4.78, 5) is 7.81. The molecule has 4 heteroatoms. The van der Waals surface area contributed by atoms with Crippen LogP contribution in [0, 0.1) is 5.92 Å². The smallest absolute Gasteiger partial charge is 0.0110 e. The van der Waals surface area contributed by atoms with Crippen LogP contribution in [0.25, 0.3) is 0 Å². The van der Waals surface area contributed by atoms with Crippen LogP contribution in [-0.4, -0.2) is 80.1 Å². The molecule has 2 unspecified atom stereocenters. The maximum Gasteiger partial charge on any atom is 0.0110 e. The first-order chi connectivity index (χ1) is 9.69. The summed E-state index contributed by atoms with van der Waals surface area (Å²) in [7, 11) is 2.30. The van der Waals surface area contributed by atoms with E-state index in [-0.39, 0.29) is 0 Å². The highest BCUT2D eigenvalue weighted by molar-refractivity contribution is 4.78. The van der Waals surface area contributed by atoms with Crippen LogP contribution in [0.5, 0.6) is 0 Å². The lowest BCUT2D eigenvalue weighted by molar-refractivity contribution is 0.103. The van der Waals surface area contributed by atoms with E-state index in [9.17, 15) is 0 Å². The van der Waals surface area contributed by atoms with E-state index in [1.807, 2.05) is 0 Å². The Morgan fingerprint density at radius 2 is 1.75 bits per heavy atom. The van der Waals surface area contributed by atoms with Gasteiger partial charge in [-0.05, 0) is 51.9 Å². The molecule has 0 aliphatic carbocycles. The average molecular weight is 282 g/mol. The van der Waals surface area contributed by atoms with Gasteiger partial charge in [0.05, 0.1) is 0 Å². The van der Waals surface area contributed by atoms with Crippen molar-refractivity contribution >= 4 is 0 Å². The molecule has 2 rings (SSSR count). The zero-order valence-corrected chi connectivity index (χ0v) is 13.6. The molecule has 0 amide bonds. The van der Waals surface area contributed by atoms with Crippen LogP contribution in [0.3, 0.4) is 0 Å². The van der Waals surface area contributed by atoms with Gasteiger partial charge >= 0.3 is 0 Å². The van der Waals surface area contributed by atoms with Crippen molar-refractivity contribution in [1.82, 2.24) is 14.7 Å². The van der Waals surface area contributed by atoms with Crippen LogP contribution < -0.4 is 5.73 Å². The molecular weight excluding hydrogens is 248 g/mol. The number of likely N-dealkylation sites (tertiary alicyclic amines) is 1. The van der Waals surface area contributed by atoms with E-state index in [4.69, 9.17) is 5.73 Å². The number of rotatable bonds is 6. The molecular formula is C16H34N4. The molecule has 0 radical (unpaired) electrons. The van der Waals surface area contributed by atoms with Gasteiger partial charge < -0.3 is 20.4 Å². The van der Waals surface area contributed by atoms with Crippen molar-refractivity contribution in [2.75, 3.05) is 59.4 Å². The van der Waals surface area contributed by atoms with E-state index in [0.29, 0.717) is 5.92 Å². The summed E-state index contributed by atoms with van der Waals surface area (Å²) in [6, 6.07) is 0.832. The molecule has 2 aliphatic heterocycles. The van der Waals surface area contributed by atoms with Crippen molar-refractivity contribution in [3.63, 3.8) is 0 Å². The van der Waals surface area contributed by atoms with Crippen LogP contribution >= 0.6 is 0 Å². The van der Waals surface area contributed by atoms with E-state index in [0.717, 1.165) is 12.6 Å². The van der Waals surface area contributed by atoms with Crippen molar-refractivity contribution in [3.8, 4) is 0 Å². The molecule has 20 heavy (non-hydrogen) atoms.